The third-order valence-corrected chi connectivity index (χ3v) is 4.15. The molecule has 0 bridgehead atoms. The minimum absolute atomic E-state index is 0.479. The van der Waals surface area contributed by atoms with Crippen LogP contribution in [0.5, 0.6) is 0 Å². The van der Waals surface area contributed by atoms with Crippen molar-refractivity contribution in [2.24, 2.45) is 5.73 Å². The Morgan fingerprint density at radius 3 is 2.62 bits per heavy atom. The summed E-state index contributed by atoms with van der Waals surface area (Å²) in [6.07, 6.45) is 0. The Hall–Kier alpha value is -0.710. The predicted molar refractivity (Wildman–Crippen MR) is 63.5 cm³/mol. The first-order valence-electron chi connectivity index (χ1n) is 3.71. The maximum Gasteiger partial charge on any atom is 0.114 e. The van der Waals surface area contributed by atoms with Crippen LogP contribution in [0.3, 0.4) is 0 Å². The Bertz CT molecular complexity index is 414. The molecule has 0 aliphatic rings. The summed E-state index contributed by atoms with van der Waals surface area (Å²) < 4.78 is 0. The zero-order valence-electron chi connectivity index (χ0n) is 6.69. The fourth-order valence-electron chi connectivity index (χ4n) is 1.02. The molecule has 2 N–H and O–H groups in total. The van der Waals surface area contributed by atoms with Gasteiger partial charge in [0.25, 0.3) is 0 Å². The van der Waals surface area contributed by atoms with Crippen molar-refractivity contribution in [1.82, 2.24) is 0 Å². The van der Waals surface area contributed by atoms with Gasteiger partial charge in [0.2, 0.25) is 0 Å². The molecule has 0 aliphatic carbocycles. The monoisotopic (exact) mass is 225 g/mol. The lowest BCUT2D eigenvalue weighted by Gasteiger charge is -1.89. The summed E-state index contributed by atoms with van der Waals surface area (Å²) in [4.78, 5) is 3.97. The minimum atomic E-state index is 0.479. The third kappa shape index (κ3) is 1.80. The average molecular weight is 225 g/mol. The molecule has 0 radical (unpaired) electrons. The zero-order chi connectivity index (χ0) is 9.26. The average Bonchev–Trinajstić information content (AvgIpc) is 2.75. The molecule has 0 spiro atoms. The van der Waals surface area contributed by atoms with Crippen molar-refractivity contribution in [3.8, 4) is 9.75 Å². The van der Waals surface area contributed by atoms with Gasteiger partial charge in [-0.2, -0.15) is 0 Å². The highest BCUT2D eigenvalue weighted by molar-refractivity contribution is 7.81. The normalized spacial score (nSPS) is 10.2. The second-order valence-corrected chi connectivity index (χ2v) is 4.98. The van der Waals surface area contributed by atoms with Crippen molar-refractivity contribution >= 4 is 39.9 Å². The van der Waals surface area contributed by atoms with Crippen molar-refractivity contribution in [3.05, 3.63) is 34.5 Å². The summed E-state index contributed by atoms with van der Waals surface area (Å²) in [7, 11) is 0. The molecule has 0 unspecified atom stereocenters. The quantitative estimate of drug-likeness (QED) is 0.795. The number of rotatable bonds is 2. The van der Waals surface area contributed by atoms with E-state index in [0.717, 1.165) is 4.88 Å². The molecule has 0 atom stereocenters. The zero-order valence-corrected chi connectivity index (χ0v) is 9.14. The van der Waals surface area contributed by atoms with Gasteiger partial charge in [-0.1, -0.05) is 18.3 Å². The molecular weight excluding hydrogens is 218 g/mol. The first-order valence-corrected chi connectivity index (χ1v) is 5.81. The molecule has 13 heavy (non-hydrogen) atoms. The van der Waals surface area contributed by atoms with Crippen molar-refractivity contribution in [3.63, 3.8) is 0 Å². The Morgan fingerprint density at radius 2 is 2.08 bits per heavy atom. The molecule has 0 fully saturated rings. The van der Waals surface area contributed by atoms with Gasteiger partial charge in [0, 0.05) is 9.75 Å². The second kappa shape index (κ2) is 3.57. The van der Waals surface area contributed by atoms with E-state index in [2.05, 4.69) is 17.5 Å². The van der Waals surface area contributed by atoms with E-state index in [1.807, 2.05) is 12.1 Å². The minimum Gasteiger partial charge on any atom is -0.389 e. The number of nitrogens with two attached hydrogens (primary N) is 1. The summed E-state index contributed by atoms with van der Waals surface area (Å²) in [6, 6.07) is 8.17. The first kappa shape index (κ1) is 8.87. The second-order valence-electron chi connectivity index (χ2n) is 2.51. The number of hydrogen-bond acceptors (Lipinski definition) is 3. The van der Waals surface area contributed by atoms with Crippen LogP contribution in [0.2, 0.25) is 0 Å². The number of thiocarbonyl (C=S) groups is 1. The lowest BCUT2D eigenvalue weighted by Crippen LogP contribution is -2.06. The Kier molecular flexibility index (Phi) is 2.44. The SMILES string of the molecule is NC(=S)c1ccc(-c2cccs2)s1. The van der Waals surface area contributed by atoms with Crippen molar-refractivity contribution < 1.29 is 0 Å². The van der Waals surface area contributed by atoms with E-state index in [1.54, 1.807) is 22.7 Å². The van der Waals surface area contributed by atoms with E-state index in [-0.39, 0.29) is 0 Å². The maximum atomic E-state index is 5.53. The van der Waals surface area contributed by atoms with Gasteiger partial charge in [-0.15, -0.1) is 22.7 Å². The molecule has 2 aromatic rings. The summed E-state index contributed by atoms with van der Waals surface area (Å²) in [5.41, 5.74) is 5.53. The smallest absolute Gasteiger partial charge is 0.114 e. The molecule has 4 heteroatoms. The van der Waals surface area contributed by atoms with Crippen LogP contribution >= 0.6 is 34.9 Å². The highest BCUT2D eigenvalue weighted by atomic mass is 32.1. The summed E-state index contributed by atoms with van der Waals surface area (Å²) in [5, 5.41) is 2.06. The van der Waals surface area contributed by atoms with Crippen LogP contribution in [0.4, 0.5) is 0 Å². The van der Waals surface area contributed by atoms with Gasteiger partial charge in [0.05, 0.1) is 4.88 Å². The Balaban J connectivity index is 2.39. The van der Waals surface area contributed by atoms with E-state index in [0.29, 0.717) is 4.99 Å². The summed E-state index contributed by atoms with van der Waals surface area (Å²) in [5.74, 6) is 0. The Morgan fingerprint density at radius 1 is 1.23 bits per heavy atom. The van der Waals surface area contributed by atoms with Crippen molar-refractivity contribution in [2.45, 2.75) is 0 Å². The van der Waals surface area contributed by atoms with Crippen LogP contribution in [0.1, 0.15) is 4.88 Å². The van der Waals surface area contributed by atoms with Crippen LogP contribution in [0.15, 0.2) is 29.6 Å². The van der Waals surface area contributed by atoms with E-state index >= 15 is 0 Å². The van der Waals surface area contributed by atoms with Gasteiger partial charge in [-0.3, -0.25) is 0 Å². The molecule has 2 aromatic heterocycles. The molecule has 0 amide bonds. The molecule has 0 saturated heterocycles. The van der Waals surface area contributed by atoms with Crippen LogP contribution < -0.4 is 5.73 Å². The van der Waals surface area contributed by atoms with Crippen LogP contribution in [-0.2, 0) is 0 Å². The molecule has 1 nitrogen and oxygen atoms in total. The van der Waals surface area contributed by atoms with E-state index in [9.17, 15) is 0 Å². The Labute approximate surface area is 89.8 Å². The van der Waals surface area contributed by atoms with E-state index in [4.69, 9.17) is 18.0 Å². The number of hydrogen-bond donors (Lipinski definition) is 1. The van der Waals surface area contributed by atoms with Crippen LogP contribution in [0, 0.1) is 0 Å². The van der Waals surface area contributed by atoms with E-state index in [1.165, 1.54) is 9.75 Å². The topological polar surface area (TPSA) is 26.0 Å². The lowest BCUT2D eigenvalue weighted by molar-refractivity contribution is 1.79. The molecule has 0 aromatic carbocycles. The van der Waals surface area contributed by atoms with Gasteiger partial charge in [-0.05, 0) is 23.6 Å². The molecule has 2 heterocycles. The lowest BCUT2D eigenvalue weighted by atomic mass is 10.4. The summed E-state index contributed by atoms with van der Waals surface area (Å²) >= 11 is 8.27. The van der Waals surface area contributed by atoms with Crippen molar-refractivity contribution in [2.75, 3.05) is 0 Å². The van der Waals surface area contributed by atoms with Gasteiger partial charge in [0.15, 0.2) is 0 Å². The third-order valence-electron chi connectivity index (χ3n) is 1.61. The molecule has 66 valence electrons. The van der Waals surface area contributed by atoms with Crippen molar-refractivity contribution in [1.29, 1.82) is 0 Å². The number of thiophene rings is 2. The van der Waals surface area contributed by atoms with Gasteiger partial charge in [0.1, 0.15) is 4.99 Å². The first-order chi connectivity index (χ1) is 6.27. The molecule has 2 rings (SSSR count). The molecule has 0 aliphatic heterocycles. The van der Waals surface area contributed by atoms with Crippen LogP contribution in [0.25, 0.3) is 9.75 Å². The molecular formula is C9H7NS3. The predicted octanol–water partition coefficient (Wildman–Crippen LogP) is 3.11. The fourth-order valence-corrected chi connectivity index (χ4v) is 2.91. The largest absolute Gasteiger partial charge is 0.389 e. The maximum absolute atomic E-state index is 5.53. The highest BCUT2D eigenvalue weighted by Gasteiger charge is 2.04. The van der Waals surface area contributed by atoms with Gasteiger partial charge in [-0.25, -0.2) is 0 Å². The highest BCUT2D eigenvalue weighted by Crippen LogP contribution is 2.31. The van der Waals surface area contributed by atoms with Gasteiger partial charge < -0.3 is 5.73 Å². The molecule has 0 saturated carbocycles. The van der Waals surface area contributed by atoms with Crippen LogP contribution in [-0.4, -0.2) is 4.99 Å². The fraction of sp³-hybridized carbons (Fsp3) is 0. The summed E-state index contributed by atoms with van der Waals surface area (Å²) in [6.45, 7) is 0. The van der Waals surface area contributed by atoms with E-state index < -0.39 is 0 Å². The van der Waals surface area contributed by atoms with Gasteiger partial charge >= 0.3 is 0 Å². The standard InChI is InChI=1S/C9H7NS3/c10-9(11)8-4-3-7(13-8)6-2-1-5-12-6/h1-5H,(H2,10,11).